The number of hydrogen-bond donors (Lipinski definition) is 1. The zero-order chi connectivity index (χ0) is 19.0. The SMILES string of the molecule is CCNC(=NCC(OC)C(C)(C)C)N1CCC(OCC2CCCC2)CC1. The number of piperidine rings is 1. The Hall–Kier alpha value is -0.810. The largest absolute Gasteiger partial charge is 0.379 e. The van der Waals surface area contributed by atoms with Gasteiger partial charge in [0.1, 0.15) is 0 Å². The highest BCUT2D eigenvalue weighted by molar-refractivity contribution is 5.80. The summed E-state index contributed by atoms with van der Waals surface area (Å²) in [6.07, 6.45) is 8.28. The number of nitrogens with zero attached hydrogens (tertiary/aromatic N) is 2. The van der Waals surface area contributed by atoms with Crippen molar-refractivity contribution in [2.75, 3.05) is 39.9 Å². The smallest absolute Gasteiger partial charge is 0.194 e. The topological polar surface area (TPSA) is 46.1 Å². The highest BCUT2D eigenvalue weighted by Gasteiger charge is 2.26. The minimum Gasteiger partial charge on any atom is -0.379 e. The summed E-state index contributed by atoms with van der Waals surface area (Å²) in [5, 5.41) is 3.45. The van der Waals surface area contributed by atoms with Crippen LogP contribution in [0.4, 0.5) is 0 Å². The fourth-order valence-electron chi connectivity index (χ4n) is 3.98. The molecule has 0 bridgehead atoms. The van der Waals surface area contributed by atoms with Gasteiger partial charge in [-0.25, -0.2) is 0 Å². The van der Waals surface area contributed by atoms with Crippen LogP contribution in [-0.4, -0.2) is 63.0 Å². The summed E-state index contributed by atoms with van der Waals surface area (Å²) in [6, 6.07) is 0. The van der Waals surface area contributed by atoms with Crippen molar-refractivity contribution >= 4 is 5.96 Å². The number of hydrogen-bond acceptors (Lipinski definition) is 3. The highest BCUT2D eigenvalue weighted by Crippen LogP contribution is 2.26. The molecule has 5 nitrogen and oxygen atoms in total. The number of aliphatic imine (C=N–C) groups is 1. The lowest BCUT2D eigenvalue weighted by molar-refractivity contribution is 0.000738. The van der Waals surface area contributed by atoms with Gasteiger partial charge in [0.15, 0.2) is 5.96 Å². The van der Waals surface area contributed by atoms with Gasteiger partial charge in [-0.2, -0.15) is 0 Å². The summed E-state index contributed by atoms with van der Waals surface area (Å²) in [7, 11) is 1.78. The van der Waals surface area contributed by atoms with E-state index in [1.807, 2.05) is 0 Å². The zero-order valence-corrected chi connectivity index (χ0v) is 17.7. The van der Waals surface area contributed by atoms with Crippen LogP contribution in [0.5, 0.6) is 0 Å². The molecule has 1 unspecified atom stereocenters. The van der Waals surface area contributed by atoms with Crippen LogP contribution >= 0.6 is 0 Å². The molecule has 2 fully saturated rings. The van der Waals surface area contributed by atoms with Crippen LogP contribution in [-0.2, 0) is 9.47 Å². The van der Waals surface area contributed by atoms with Crippen LogP contribution in [0.15, 0.2) is 4.99 Å². The highest BCUT2D eigenvalue weighted by atomic mass is 16.5. The van der Waals surface area contributed by atoms with Gasteiger partial charge in [-0.15, -0.1) is 0 Å². The maximum Gasteiger partial charge on any atom is 0.194 e. The summed E-state index contributed by atoms with van der Waals surface area (Å²) < 4.78 is 11.9. The van der Waals surface area contributed by atoms with Crippen molar-refractivity contribution in [1.82, 2.24) is 10.2 Å². The molecule has 1 aliphatic carbocycles. The van der Waals surface area contributed by atoms with E-state index in [1.165, 1.54) is 25.7 Å². The summed E-state index contributed by atoms with van der Waals surface area (Å²) in [5.41, 5.74) is 0.0939. The van der Waals surface area contributed by atoms with Crippen molar-refractivity contribution in [3.63, 3.8) is 0 Å². The van der Waals surface area contributed by atoms with Crippen LogP contribution in [0.25, 0.3) is 0 Å². The normalized spacial score (nSPS) is 22.0. The molecule has 5 heteroatoms. The second kappa shape index (κ2) is 10.5. The Labute approximate surface area is 160 Å². The number of guanidine groups is 1. The standard InChI is InChI=1S/C21H41N3O2/c1-6-22-20(23-15-19(25-5)21(2,3)4)24-13-11-18(12-14-24)26-16-17-9-7-8-10-17/h17-19H,6-16H2,1-5H3,(H,22,23). The van der Waals surface area contributed by atoms with E-state index in [-0.39, 0.29) is 11.5 Å². The molecule has 1 heterocycles. The number of rotatable bonds is 7. The second-order valence-electron chi connectivity index (χ2n) is 8.96. The van der Waals surface area contributed by atoms with Gasteiger partial charge in [-0.05, 0) is 43.9 Å². The maximum atomic E-state index is 6.21. The third-order valence-corrected chi connectivity index (χ3v) is 5.78. The van der Waals surface area contributed by atoms with Crippen molar-refractivity contribution in [1.29, 1.82) is 0 Å². The molecule has 1 saturated heterocycles. The first-order valence-corrected chi connectivity index (χ1v) is 10.6. The fourth-order valence-corrected chi connectivity index (χ4v) is 3.98. The molecule has 0 aromatic heterocycles. The van der Waals surface area contributed by atoms with Crippen molar-refractivity contribution < 1.29 is 9.47 Å². The number of likely N-dealkylation sites (tertiary alicyclic amines) is 1. The molecule has 2 rings (SSSR count). The molecular weight excluding hydrogens is 326 g/mol. The van der Waals surface area contributed by atoms with Crippen LogP contribution in [0, 0.1) is 11.3 Å². The van der Waals surface area contributed by atoms with E-state index in [4.69, 9.17) is 14.5 Å². The van der Waals surface area contributed by atoms with E-state index < -0.39 is 0 Å². The Morgan fingerprint density at radius 1 is 1.15 bits per heavy atom. The summed E-state index contributed by atoms with van der Waals surface area (Å²) >= 11 is 0. The third-order valence-electron chi connectivity index (χ3n) is 5.78. The predicted octanol–water partition coefficient (Wildman–Crippen LogP) is 3.68. The van der Waals surface area contributed by atoms with Crippen molar-refractivity contribution in [3.8, 4) is 0 Å². The summed E-state index contributed by atoms with van der Waals surface area (Å²) in [4.78, 5) is 7.26. The molecule has 1 atom stereocenters. The van der Waals surface area contributed by atoms with Crippen LogP contribution in [0.1, 0.15) is 66.2 Å². The van der Waals surface area contributed by atoms with Gasteiger partial charge in [-0.3, -0.25) is 4.99 Å². The average molecular weight is 368 g/mol. The molecule has 0 aromatic carbocycles. The molecule has 1 saturated carbocycles. The Balaban J connectivity index is 1.81. The van der Waals surface area contributed by atoms with E-state index in [2.05, 4.69) is 37.9 Å². The molecule has 0 aromatic rings. The van der Waals surface area contributed by atoms with Gasteiger partial charge in [0.2, 0.25) is 0 Å². The number of ether oxygens (including phenoxy) is 2. The monoisotopic (exact) mass is 367 g/mol. The quantitative estimate of drug-likeness (QED) is 0.551. The third kappa shape index (κ3) is 6.73. The summed E-state index contributed by atoms with van der Waals surface area (Å²) in [5.74, 6) is 1.84. The van der Waals surface area contributed by atoms with Crippen molar-refractivity contribution in [2.24, 2.45) is 16.3 Å². The first-order valence-electron chi connectivity index (χ1n) is 10.6. The molecule has 1 N–H and O–H groups in total. The Morgan fingerprint density at radius 2 is 1.81 bits per heavy atom. The Kier molecular flexibility index (Phi) is 8.68. The first kappa shape index (κ1) is 21.5. The molecule has 152 valence electrons. The second-order valence-corrected chi connectivity index (χ2v) is 8.96. The maximum absolute atomic E-state index is 6.21. The Morgan fingerprint density at radius 3 is 2.35 bits per heavy atom. The van der Waals surface area contributed by atoms with Gasteiger partial charge in [0.25, 0.3) is 0 Å². The van der Waals surface area contributed by atoms with E-state index >= 15 is 0 Å². The molecular formula is C21H41N3O2. The van der Waals surface area contributed by atoms with Crippen LogP contribution in [0.2, 0.25) is 0 Å². The Bertz CT molecular complexity index is 419. The first-order chi connectivity index (χ1) is 12.4. The van der Waals surface area contributed by atoms with E-state index in [0.29, 0.717) is 12.6 Å². The van der Waals surface area contributed by atoms with Crippen molar-refractivity contribution in [2.45, 2.75) is 78.4 Å². The molecule has 0 spiro atoms. The molecule has 1 aliphatic heterocycles. The van der Waals surface area contributed by atoms with Gasteiger partial charge in [-0.1, -0.05) is 33.6 Å². The minimum atomic E-state index is 0.0939. The lowest BCUT2D eigenvalue weighted by Gasteiger charge is -2.35. The van der Waals surface area contributed by atoms with E-state index in [9.17, 15) is 0 Å². The zero-order valence-electron chi connectivity index (χ0n) is 17.7. The van der Waals surface area contributed by atoms with E-state index in [1.54, 1.807) is 7.11 Å². The molecule has 2 aliphatic rings. The molecule has 0 amide bonds. The van der Waals surface area contributed by atoms with E-state index in [0.717, 1.165) is 51.0 Å². The predicted molar refractivity (Wildman–Crippen MR) is 109 cm³/mol. The minimum absolute atomic E-state index is 0.0939. The van der Waals surface area contributed by atoms with Crippen LogP contribution < -0.4 is 5.32 Å². The van der Waals surface area contributed by atoms with Gasteiger partial charge < -0.3 is 19.7 Å². The summed E-state index contributed by atoms with van der Waals surface area (Å²) in [6.45, 7) is 13.3. The fraction of sp³-hybridized carbons (Fsp3) is 0.952. The van der Waals surface area contributed by atoms with Gasteiger partial charge >= 0.3 is 0 Å². The molecule has 0 radical (unpaired) electrons. The van der Waals surface area contributed by atoms with Gasteiger partial charge in [0.05, 0.1) is 18.8 Å². The lowest BCUT2D eigenvalue weighted by Crippen LogP contribution is -2.47. The average Bonchev–Trinajstić information content (AvgIpc) is 3.12. The lowest BCUT2D eigenvalue weighted by atomic mass is 9.89. The van der Waals surface area contributed by atoms with Crippen LogP contribution in [0.3, 0.4) is 0 Å². The van der Waals surface area contributed by atoms with Crippen molar-refractivity contribution in [3.05, 3.63) is 0 Å². The molecule has 26 heavy (non-hydrogen) atoms. The van der Waals surface area contributed by atoms with Gasteiger partial charge in [0, 0.05) is 33.4 Å². The number of nitrogens with one attached hydrogen (secondary N) is 1. The number of methoxy groups -OCH3 is 1.